The average Bonchev–Trinajstić information content (AvgIpc) is 2.55. The lowest BCUT2D eigenvalue weighted by Crippen LogP contribution is -2.29. The molecule has 0 fully saturated rings. The van der Waals surface area contributed by atoms with Crippen LogP contribution in [0.2, 0.25) is 0 Å². The van der Waals surface area contributed by atoms with Gasteiger partial charge in [-0.2, -0.15) is 0 Å². The van der Waals surface area contributed by atoms with Crippen LogP contribution < -0.4 is 5.32 Å². The maximum absolute atomic E-state index is 11.3. The predicted octanol–water partition coefficient (Wildman–Crippen LogP) is 1.49. The average molecular weight is 181 g/mol. The van der Waals surface area contributed by atoms with E-state index in [1.54, 1.807) is 12.4 Å². The monoisotopic (exact) mass is 181 g/mol. The van der Waals surface area contributed by atoms with Crippen molar-refractivity contribution in [3.8, 4) is 0 Å². The van der Waals surface area contributed by atoms with Crippen molar-refractivity contribution >= 4 is 6.03 Å². The van der Waals surface area contributed by atoms with E-state index in [1.807, 2.05) is 0 Å². The lowest BCUT2D eigenvalue weighted by molar-refractivity contribution is 0.242. The minimum Gasteiger partial charge on any atom is -0.337 e. The highest BCUT2D eigenvalue weighted by atomic mass is 16.2. The SMILES string of the molecule is CC(C)CCNC(=O)n1ccnc1. The van der Waals surface area contributed by atoms with E-state index < -0.39 is 0 Å². The van der Waals surface area contributed by atoms with Crippen molar-refractivity contribution in [1.82, 2.24) is 14.9 Å². The Morgan fingerprint density at radius 2 is 2.38 bits per heavy atom. The lowest BCUT2D eigenvalue weighted by Gasteiger charge is -2.06. The van der Waals surface area contributed by atoms with E-state index in [4.69, 9.17) is 0 Å². The molecule has 1 N–H and O–H groups in total. The van der Waals surface area contributed by atoms with Gasteiger partial charge in [-0.15, -0.1) is 0 Å². The summed E-state index contributed by atoms with van der Waals surface area (Å²) in [7, 11) is 0. The number of rotatable bonds is 3. The van der Waals surface area contributed by atoms with Crippen molar-refractivity contribution in [2.45, 2.75) is 20.3 Å². The molecule has 0 spiro atoms. The van der Waals surface area contributed by atoms with Crippen molar-refractivity contribution in [3.05, 3.63) is 18.7 Å². The third kappa shape index (κ3) is 3.27. The molecule has 1 heterocycles. The van der Waals surface area contributed by atoms with Crippen LogP contribution in [0.3, 0.4) is 0 Å². The summed E-state index contributed by atoms with van der Waals surface area (Å²) in [6, 6.07) is -0.113. The van der Waals surface area contributed by atoms with E-state index in [9.17, 15) is 4.79 Å². The van der Waals surface area contributed by atoms with Crippen LogP contribution >= 0.6 is 0 Å². The van der Waals surface area contributed by atoms with Crippen LogP contribution in [-0.4, -0.2) is 22.1 Å². The largest absolute Gasteiger partial charge is 0.337 e. The molecule has 13 heavy (non-hydrogen) atoms. The summed E-state index contributed by atoms with van der Waals surface area (Å²) in [5.74, 6) is 0.614. The van der Waals surface area contributed by atoms with Gasteiger partial charge in [0.2, 0.25) is 0 Å². The molecule has 4 nitrogen and oxygen atoms in total. The Bertz CT molecular complexity index is 254. The van der Waals surface area contributed by atoms with Gasteiger partial charge >= 0.3 is 6.03 Å². The summed E-state index contributed by atoms with van der Waals surface area (Å²) in [5.41, 5.74) is 0. The number of carbonyl (C=O) groups is 1. The number of hydrogen-bond donors (Lipinski definition) is 1. The molecule has 0 unspecified atom stereocenters. The van der Waals surface area contributed by atoms with Crippen LogP contribution in [0.1, 0.15) is 20.3 Å². The molecule has 0 aliphatic rings. The molecule has 0 aromatic carbocycles. The summed E-state index contributed by atoms with van der Waals surface area (Å²) in [5, 5.41) is 2.80. The predicted molar refractivity (Wildman–Crippen MR) is 50.5 cm³/mol. The number of amides is 1. The summed E-state index contributed by atoms with van der Waals surface area (Å²) < 4.78 is 1.43. The van der Waals surface area contributed by atoms with Gasteiger partial charge in [0.25, 0.3) is 0 Å². The summed E-state index contributed by atoms with van der Waals surface area (Å²) >= 11 is 0. The van der Waals surface area contributed by atoms with Crippen LogP contribution in [0.5, 0.6) is 0 Å². The Kier molecular flexibility index (Phi) is 3.49. The molecule has 0 saturated carbocycles. The highest BCUT2D eigenvalue weighted by Gasteiger charge is 2.01. The van der Waals surface area contributed by atoms with E-state index in [0.717, 1.165) is 6.42 Å². The molecule has 0 aliphatic carbocycles. The zero-order valence-corrected chi connectivity index (χ0v) is 8.03. The Morgan fingerprint density at radius 3 is 2.92 bits per heavy atom. The first-order valence-electron chi connectivity index (χ1n) is 4.46. The zero-order valence-electron chi connectivity index (χ0n) is 8.03. The van der Waals surface area contributed by atoms with Crippen LogP contribution in [0.25, 0.3) is 0 Å². The van der Waals surface area contributed by atoms with E-state index in [0.29, 0.717) is 12.5 Å². The first-order chi connectivity index (χ1) is 6.20. The fraction of sp³-hybridized carbons (Fsp3) is 0.556. The number of imidazole rings is 1. The van der Waals surface area contributed by atoms with Gasteiger partial charge in [0.15, 0.2) is 0 Å². The number of carbonyl (C=O) groups excluding carboxylic acids is 1. The second-order valence-corrected chi connectivity index (χ2v) is 3.38. The molecule has 0 atom stereocenters. The fourth-order valence-corrected chi connectivity index (χ4v) is 0.938. The normalized spacial score (nSPS) is 10.4. The third-order valence-corrected chi connectivity index (χ3v) is 1.74. The second-order valence-electron chi connectivity index (χ2n) is 3.38. The smallest absolute Gasteiger partial charge is 0.326 e. The third-order valence-electron chi connectivity index (χ3n) is 1.74. The fourth-order valence-electron chi connectivity index (χ4n) is 0.938. The molecule has 0 radical (unpaired) electrons. The number of hydrogen-bond acceptors (Lipinski definition) is 2. The highest BCUT2D eigenvalue weighted by molar-refractivity contribution is 5.76. The van der Waals surface area contributed by atoms with E-state index in [2.05, 4.69) is 24.1 Å². The topological polar surface area (TPSA) is 46.9 Å². The number of aromatic nitrogens is 2. The number of nitrogens with one attached hydrogen (secondary N) is 1. The Hall–Kier alpha value is -1.32. The maximum Gasteiger partial charge on any atom is 0.326 e. The van der Waals surface area contributed by atoms with Crippen molar-refractivity contribution in [3.63, 3.8) is 0 Å². The van der Waals surface area contributed by atoms with Crippen molar-refractivity contribution in [2.75, 3.05) is 6.54 Å². The van der Waals surface area contributed by atoms with Gasteiger partial charge in [0.05, 0.1) is 0 Å². The second kappa shape index (κ2) is 4.64. The van der Waals surface area contributed by atoms with E-state index in [1.165, 1.54) is 10.9 Å². The van der Waals surface area contributed by atoms with Gasteiger partial charge in [-0.25, -0.2) is 9.78 Å². The Balaban J connectivity index is 2.27. The minimum absolute atomic E-state index is 0.113. The summed E-state index contributed by atoms with van der Waals surface area (Å²) in [6.45, 7) is 4.97. The van der Waals surface area contributed by atoms with Crippen molar-refractivity contribution in [1.29, 1.82) is 0 Å². The minimum atomic E-state index is -0.113. The molecular formula is C9H15N3O. The molecule has 1 amide bonds. The van der Waals surface area contributed by atoms with Gasteiger partial charge < -0.3 is 5.32 Å². The van der Waals surface area contributed by atoms with Gasteiger partial charge in [0.1, 0.15) is 6.33 Å². The quantitative estimate of drug-likeness (QED) is 0.767. The molecule has 72 valence electrons. The molecule has 0 bridgehead atoms. The first kappa shape index (κ1) is 9.77. The molecule has 1 rings (SSSR count). The molecular weight excluding hydrogens is 166 g/mol. The molecule has 1 aromatic heterocycles. The molecule has 1 aromatic rings. The molecule has 4 heteroatoms. The van der Waals surface area contributed by atoms with Gasteiger partial charge in [-0.1, -0.05) is 13.8 Å². The van der Waals surface area contributed by atoms with Crippen LogP contribution in [0.15, 0.2) is 18.7 Å². The van der Waals surface area contributed by atoms with Crippen molar-refractivity contribution in [2.24, 2.45) is 5.92 Å². The van der Waals surface area contributed by atoms with E-state index in [-0.39, 0.29) is 6.03 Å². The molecule has 0 aliphatic heterocycles. The Morgan fingerprint density at radius 1 is 1.62 bits per heavy atom. The van der Waals surface area contributed by atoms with Gasteiger partial charge in [-0.3, -0.25) is 4.57 Å². The highest BCUT2D eigenvalue weighted by Crippen LogP contribution is 1.96. The maximum atomic E-state index is 11.3. The number of nitrogens with zero attached hydrogens (tertiary/aromatic N) is 2. The van der Waals surface area contributed by atoms with Crippen LogP contribution in [0.4, 0.5) is 4.79 Å². The van der Waals surface area contributed by atoms with Gasteiger partial charge in [0, 0.05) is 18.9 Å². The molecule has 0 saturated heterocycles. The zero-order chi connectivity index (χ0) is 9.68. The summed E-state index contributed by atoms with van der Waals surface area (Å²) in [4.78, 5) is 15.1. The first-order valence-corrected chi connectivity index (χ1v) is 4.46. The van der Waals surface area contributed by atoms with Crippen molar-refractivity contribution < 1.29 is 4.79 Å². The summed E-state index contributed by atoms with van der Waals surface area (Å²) in [6.07, 6.45) is 5.71. The standard InChI is InChI=1S/C9H15N3O/c1-8(2)3-4-11-9(13)12-6-5-10-7-12/h5-8H,3-4H2,1-2H3,(H,11,13). The van der Waals surface area contributed by atoms with Crippen LogP contribution in [-0.2, 0) is 0 Å². The Labute approximate surface area is 78.0 Å². The van der Waals surface area contributed by atoms with Crippen LogP contribution in [0, 0.1) is 5.92 Å². The van der Waals surface area contributed by atoms with Gasteiger partial charge in [-0.05, 0) is 12.3 Å². The van der Waals surface area contributed by atoms with E-state index >= 15 is 0 Å². The lowest BCUT2D eigenvalue weighted by atomic mass is 10.1.